The van der Waals surface area contributed by atoms with Crippen LogP contribution in [0.3, 0.4) is 0 Å². The average molecular weight is 288 g/mol. The quantitative estimate of drug-likeness (QED) is 0.798. The molecule has 1 N–H and O–H groups in total. The van der Waals surface area contributed by atoms with Crippen molar-refractivity contribution in [1.82, 2.24) is 4.90 Å². The molecule has 4 nitrogen and oxygen atoms in total. The lowest BCUT2D eigenvalue weighted by Gasteiger charge is -2.25. The minimum absolute atomic E-state index is 0.379. The van der Waals surface area contributed by atoms with Gasteiger partial charge in [-0.05, 0) is 36.6 Å². The van der Waals surface area contributed by atoms with Crippen LogP contribution in [0, 0.1) is 23.2 Å². The molecule has 0 heterocycles. The molecule has 4 heteroatoms. The topological polar surface area (TPSA) is 64.3 Å². The van der Waals surface area contributed by atoms with Gasteiger partial charge in [-0.3, -0.25) is 9.69 Å². The summed E-state index contributed by atoms with van der Waals surface area (Å²) in [5, 5.41) is 17.9. The number of hydrogen-bond acceptors (Lipinski definition) is 3. The van der Waals surface area contributed by atoms with Gasteiger partial charge in [0.05, 0.1) is 17.6 Å². The molecule has 1 atom stereocenters. The van der Waals surface area contributed by atoms with Gasteiger partial charge < -0.3 is 5.11 Å². The molecule has 0 aliphatic heterocycles. The van der Waals surface area contributed by atoms with Gasteiger partial charge in [0, 0.05) is 13.1 Å². The lowest BCUT2D eigenvalue weighted by atomic mass is 10.1. The molecule has 0 radical (unpaired) electrons. The van der Waals surface area contributed by atoms with E-state index >= 15 is 0 Å². The van der Waals surface area contributed by atoms with Crippen molar-refractivity contribution in [3.05, 3.63) is 35.4 Å². The first-order valence-corrected chi connectivity index (χ1v) is 7.36. The molecular formula is C17H24N2O2. The molecule has 0 spiro atoms. The number of nitriles is 1. The van der Waals surface area contributed by atoms with Gasteiger partial charge in [0.2, 0.25) is 0 Å². The van der Waals surface area contributed by atoms with Crippen LogP contribution in [0.4, 0.5) is 0 Å². The van der Waals surface area contributed by atoms with Crippen LogP contribution in [-0.2, 0) is 11.3 Å². The largest absolute Gasteiger partial charge is 0.481 e. The van der Waals surface area contributed by atoms with Crippen molar-refractivity contribution in [1.29, 1.82) is 5.26 Å². The normalized spacial score (nSPS) is 12.4. The molecule has 1 rings (SSSR count). The number of hydrogen-bond donors (Lipinski definition) is 1. The minimum atomic E-state index is -0.760. The van der Waals surface area contributed by atoms with E-state index in [4.69, 9.17) is 10.4 Å². The van der Waals surface area contributed by atoms with Crippen molar-refractivity contribution in [3.8, 4) is 6.07 Å². The molecular weight excluding hydrogens is 264 g/mol. The summed E-state index contributed by atoms with van der Waals surface area (Å²) in [5.41, 5.74) is 1.75. The number of carboxylic acids is 1. The van der Waals surface area contributed by atoms with Gasteiger partial charge in [0.15, 0.2) is 0 Å². The lowest BCUT2D eigenvalue weighted by Crippen LogP contribution is -2.32. The first-order valence-electron chi connectivity index (χ1n) is 7.36. The highest BCUT2D eigenvalue weighted by molar-refractivity contribution is 5.69. The number of carbonyl (C=O) groups is 1. The third-order valence-corrected chi connectivity index (χ3v) is 3.47. The van der Waals surface area contributed by atoms with Crippen molar-refractivity contribution in [2.75, 3.05) is 13.1 Å². The molecule has 0 amide bonds. The van der Waals surface area contributed by atoms with Gasteiger partial charge in [-0.15, -0.1) is 0 Å². The monoisotopic (exact) mass is 288 g/mol. The smallest absolute Gasteiger partial charge is 0.307 e. The van der Waals surface area contributed by atoms with E-state index in [0.29, 0.717) is 18.0 Å². The van der Waals surface area contributed by atoms with Crippen LogP contribution in [-0.4, -0.2) is 29.1 Å². The highest BCUT2D eigenvalue weighted by Crippen LogP contribution is 2.12. The van der Waals surface area contributed by atoms with Crippen LogP contribution in [0.5, 0.6) is 0 Å². The van der Waals surface area contributed by atoms with Crippen LogP contribution in [0.25, 0.3) is 0 Å². The number of nitrogens with zero attached hydrogens (tertiary/aromatic N) is 2. The molecule has 0 saturated heterocycles. The number of carboxylic acid groups (broad SMARTS) is 1. The SMILES string of the molecule is CC(C)CCN(Cc1ccc(C#N)cc1)CC(C)C(=O)O. The zero-order valence-corrected chi connectivity index (χ0v) is 13.0. The maximum Gasteiger partial charge on any atom is 0.307 e. The molecule has 1 unspecified atom stereocenters. The molecule has 0 saturated carbocycles. The average Bonchev–Trinajstić information content (AvgIpc) is 2.45. The lowest BCUT2D eigenvalue weighted by molar-refractivity contribution is -0.141. The summed E-state index contributed by atoms with van der Waals surface area (Å²) >= 11 is 0. The second-order valence-corrected chi connectivity index (χ2v) is 5.97. The summed E-state index contributed by atoms with van der Waals surface area (Å²) in [5.74, 6) is -0.548. The van der Waals surface area contributed by atoms with Gasteiger partial charge in [-0.1, -0.05) is 32.9 Å². The van der Waals surface area contributed by atoms with E-state index < -0.39 is 5.97 Å². The Labute approximate surface area is 127 Å². The second kappa shape index (κ2) is 8.43. The van der Waals surface area contributed by atoms with Crippen molar-refractivity contribution < 1.29 is 9.90 Å². The minimum Gasteiger partial charge on any atom is -0.481 e. The van der Waals surface area contributed by atoms with Gasteiger partial charge >= 0.3 is 5.97 Å². The standard InChI is InChI=1S/C17H24N2O2/c1-13(2)8-9-19(11-14(3)17(20)21)12-16-6-4-15(10-18)5-7-16/h4-7,13-14H,8-9,11-12H2,1-3H3,(H,20,21). The van der Waals surface area contributed by atoms with Crippen molar-refractivity contribution in [2.45, 2.75) is 33.7 Å². The van der Waals surface area contributed by atoms with Gasteiger partial charge in [0.1, 0.15) is 0 Å². The van der Waals surface area contributed by atoms with Crippen LogP contribution in [0.2, 0.25) is 0 Å². The molecule has 114 valence electrons. The van der Waals surface area contributed by atoms with E-state index in [-0.39, 0.29) is 5.92 Å². The fraction of sp³-hybridized carbons (Fsp3) is 0.529. The Bertz CT molecular complexity index is 489. The van der Waals surface area contributed by atoms with Crippen LogP contribution in [0.1, 0.15) is 38.3 Å². The first-order chi connectivity index (χ1) is 9.92. The zero-order valence-electron chi connectivity index (χ0n) is 13.0. The summed E-state index contributed by atoms with van der Waals surface area (Å²) in [6.45, 7) is 8.22. The third-order valence-electron chi connectivity index (χ3n) is 3.47. The Morgan fingerprint density at radius 1 is 1.29 bits per heavy atom. The van der Waals surface area contributed by atoms with Gasteiger partial charge in [-0.2, -0.15) is 5.26 Å². The summed E-state index contributed by atoms with van der Waals surface area (Å²) in [6, 6.07) is 9.58. The Balaban J connectivity index is 2.70. The molecule has 1 aromatic rings. The van der Waals surface area contributed by atoms with E-state index in [1.165, 1.54) is 0 Å². The van der Waals surface area contributed by atoms with E-state index in [1.807, 2.05) is 12.1 Å². The van der Waals surface area contributed by atoms with Gasteiger partial charge in [-0.25, -0.2) is 0 Å². The van der Waals surface area contributed by atoms with E-state index in [1.54, 1.807) is 19.1 Å². The summed E-state index contributed by atoms with van der Waals surface area (Å²) < 4.78 is 0. The highest BCUT2D eigenvalue weighted by atomic mass is 16.4. The Morgan fingerprint density at radius 2 is 1.90 bits per heavy atom. The summed E-state index contributed by atoms with van der Waals surface area (Å²) in [7, 11) is 0. The molecule has 1 aromatic carbocycles. The van der Waals surface area contributed by atoms with Crippen molar-refractivity contribution >= 4 is 5.97 Å². The Morgan fingerprint density at radius 3 is 2.38 bits per heavy atom. The highest BCUT2D eigenvalue weighted by Gasteiger charge is 2.16. The zero-order chi connectivity index (χ0) is 15.8. The predicted molar refractivity (Wildman–Crippen MR) is 82.7 cm³/mol. The first kappa shape index (κ1) is 17.2. The predicted octanol–water partition coefficient (Wildman–Crippen LogP) is 3.13. The maximum absolute atomic E-state index is 11.0. The molecule has 0 aromatic heterocycles. The van der Waals surface area contributed by atoms with E-state index in [9.17, 15) is 4.79 Å². The number of aliphatic carboxylic acids is 1. The Kier molecular flexibility index (Phi) is 6.90. The van der Waals surface area contributed by atoms with Crippen LogP contribution in [0.15, 0.2) is 24.3 Å². The van der Waals surface area contributed by atoms with Crippen LogP contribution >= 0.6 is 0 Å². The van der Waals surface area contributed by atoms with E-state index in [0.717, 1.165) is 25.1 Å². The molecule has 21 heavy (non-hydrogen) atoms. The second-order valence-electron chi connectivity index (χ2n) is 5.97. The van der Waals surface area contributed by atoms with Gasteiger partial charge in [0.25, 0.3) is 0 Å². The van der Waals surface area contributed by atoms with Crippen molar-refractivity contribution in [3.63, 3.8) is 0 Å². The number of rotatable bonds is 8. The van der Waals surface area contributed by atoms with Crippen LogP contribution < -0.4 is 0 Å². The number of benzene rings is 1. The molecule has 0 fully saturated rings. The molecule has 0 aliphatic carbocycles. The third kappa shape index (κ3) is 6.42. The fourth-order valence-electron chi connectivity index (χ4n) is 2.08. The molecule has 0 aliphatic rings. The Hall–Kier alpha value is -1.86. The fourth-order valence-corrected chi connectivity index (χ4v) is 2.08. The van der Waals surface area contributed by atoms with Crippen molar-refractivity contribution in [2.24, 2.45) is 11.8 Å². The molecule has 0 bridgehead atoms. The summed E-state index contributed by atoms with van der Waals surface area (Å²) in [6.07, 6.45) is 1.04. The van der Waals surface area contributed by atoms with E-state index in [2.05, 4.69) is 24.8 Å². The summed E-state index contributed by atoms with van der Waals surface area (Å²) in [4.78, 5) is 13.2. The maximum atomic E-state index is 11.0.